The van der Waals surface area contributed by atoms with E-state index in [-0.39, 0.29) is 30.5 Å². The van der Waals surface area contributed by atoms with E-state index < -0.39 is 0 Å². The molecule has 0 radical (unpaired) electrons. The van der Waals surface area contributed by atoms with E-state index in [0.717, 1.165) is 19.3 Å². The Bertz CT molecular complexity index is 542. The number of aliphatic hydroxyl groups is 1. The largest absolute Gasteiger partial charge is 0.394 e. The van der Waals surface area contributed by atoms with Gasteiger partial charge in [-0.3, -0.25) is 0 Å². The highest BCUT2D eigenvalue weighted by molar-refractivity contribution is 5.75. The molecule has 0 aliphatic carbocycles. The zero-order valence-electron chi connectivity index (χ0n) is 12.4. The first-order valence-corrected chi connectivity index (χ1v) is 7.72. The summed E-state index contributed by atoms with van der Waals surface area (Å²) in [4.78, 5) is 19.9. The first-order chi connectivity index (χ1) is 10.7. The average Bonchev–Trinajstić information content (AvgIpc) is 3.16. The van der Waals surface area contributed by atoms with Crippen molar-refractivity contribution in [3.8, 4) is 0 Å². The molecule has 0 aromatic carbocycles. The van der Waals surface area contributed by atoms with E-state index in [1.165, 1.54) is 6.07 Å². The quantitative estimate of drug-likeness (QED) is 0.873. The number of amides is 2. The highest BCUT2D eigenvalue weighted by atomic mass is 19.1. The molecule has 22 heavy (non-hydrogen) atoms. The number of aromatic nitrogens is 1. The highest BCUT2D eigenvalue weighted by Gasteiger charge is 2.32. The number of urea groups is 1. The number of pyridine rings is 1. The van der Waals surface area contributed by atoms with Crippen LogP contribution in [-0.2, 0) is 0 Å². The molecule has 2 saturated heterocycles. The zero-order chi connectivity index (χ0) is 15.5. The van der Waals surface area contributed by atoms with E-state index in [1.807, 2.05) is 4.90 Å². The summed E-state index contributed by atoms with van der Waals surface area (Å²) >= 11 is 0. The standard InChI is InChI=1S/C15H21FN4O2/c16-13-4-1-6-17-14(13)19-8-5-11(9-19)18-15(22)20-7-2-3-12(20)10-21/h1,4,6,11-12,21H,2-3,5,7-10H2,(H,18,22). The molecule has 2 N–H and O–H groups in total. The van der Waals surface area contributed by atoms with Gasteiger partial charge in [0.05, 0.1) is 12.6 Å². The Hall–Kier alpha value is -1.89. The van der Waals surface area contributed by atoms with Gasteiger partial charge >= 0.3 is 6.03 Å². The van der Waals surface area contributed by atoms with Gasteiger partial charge in [0.1, 0.15) is 0 Å². The van der Waals surface area contributed by atoms with Gasteiger partial charge in [0.2, 0.25) is 0 Å². The van der Waals surface area contributed by atoms with Crippen molar-refractivity contribution in [3.63, 3.8) is 0 Å². The summed E-state index contributed by atoms with van der Waals surface area (Å²) in [6, 6.07) is 2.73. The topological polar surface area (TPSA) is 68.7 Å². The fourth-order valence-corrected chi connectivity index (χ4v) is 3.23. The van der Waals surface area contributed by atoms with Crippen molar-refractivity contribution in [2.75, 3.05) is 31.1 Å². The smallest absolute Gasteiger partial charge is 0.318 e. The number of rotatable bonds is 3. The van der Waals surface area contributed by atoms with E-state index in [9.17, 15) is 14.3 Å². The van der Waals surface area contributed by atoms with Gasteiger partial charge in [0.25, 0.3) is 0 Å². The second-order valence-corrected chi connectivity index (χ2v) is 5.86. The van der Waals surface area contributed by atoms with Crippen LogP contribution >= 0.6 is 0 Å². The maximum atomic E-state index is 13.7. The minimum absolute atomic E-state index is 0.00333. The van der Waals surface area contributed by atoms with Crippen LogP contribution in [0, 0.1) is 5.82 Å². The monoisotopic (exact) mass is 308 g/mol. The summed E-state index contributed by atoms with van der Waals surface area (Å²) in [5.41, 5.74) is 0. The molecule has 2 aliphatic rings. The van der Waals surface area contributed by atoms with Crippen molar-refractivity contribution in [1.82, 2.24) is 15.2 Å². The Labute approximate surface area is 128 Å². The first kappa shape index (κ1) is 15.0. The summed E-state index contributed by atoms with van der Waals surface area (Å²) in [5, 5.41) is 12.3. The van der Waals surface area contributed by atoms with Gasteiger partial charge in [-0.05, 0) is 31.4 Å². The summed E-state index contributed by atoms with van der Waals surface area (Å²) < 4.78 is 13.7. The average molecular weight is 308 g/mol. The molecule has 2 amide bonds. The van der Waals surface area contributed by atoms with Crippen LogP contribution in [0.1, 0.15) is 19.3 Å². The Balaban J connectivity index is 1.57. The van der Waals surface area contributed by atoms with Crippen LogP contribution in [0.25, 0.3) is 0 Å². The molecule has 2 aliphatic heterocycles. The number of halogens is 1. The maximum absolute atomic E-state index is 13.7. The van der Waals surface area contributed by atoms with Crippen molar-refractivity contribution in [3.05, 3.63) is 24.1 Å². The molecule has 1 aromatic heterocycles. The van der Waals surface area contributed by atoms with Crippen molar-refractivity contribution in [2.45, 2.75) is 31.3 Å². The molecule has 0 saturated carbocycles. The molecule has 0 bridgehead atoms. The molecule has 120 valence electrons. The number of hydrogen-bond donors (Lipinski definition) is 2. The van der Waals surface area contributed by atoms with Gasteiger partial charge in [0.15, 0.2) is 11.6 Å². The Morgan fingerprint density at radius 2 is 2.32 bits per heavy atom. The summed E-state index contributed by atoms with van der Waals surface area (Å²) in [6.45, 7) is 1.91. The normalized spacial score (nSPS) is 24.8. The third-order valence-corrected chi connectivity index (χ3v) is 4.40. The zero-order valence-corrected chi connectivity index (χ0v) is 12.4. The number of nitrogens with one attached hydrogen (secondary N) is 1. The van der Waals surface area contributed by atoms with Gasteiger partial charge in [-0.25, -0.2) is 14.2 Å². The van der Waals surface area contributed by atoms with Crippen molar-refractivity contribution in [2.24, 2.45) is 0 Å². The Morgan fingerprint density at radius 3 is 3.09 bits per heavy atom. The predicted molar refractivity (Wildman–Crippen MR) is 80.2 cm³/mol. The van der Waals surface area contributed by atoms with Crippen molar-refractivity contribution in [1.29, 1.82) is 0 Å². The fraction of sp³-hybridized carbons (Fsp3) is 0.600. The second kappa shape index (κ2) is 6.48. The molecule has 2 atom stereocenters. The SMILES string of the molecule is O=C(NC1CCN(c2ncccc2F)C1)N1CCCC1CO. The summed E-state index contributed by atoms with van der Waals surface area (Å²) in [5.74, 6) is 0.00280. The number of carbonyl (C=O) groups is 1. The third-order valence-electron chi connectivity index (χ3n) is 4.40. The molecule has 6 nitrogen and oxygen atoms in total. The molecule has 1 aromatic rings. The number of aliphatic hydroxyl groups excluding tert-OH is 1. The van der Waals surface area contributed by atoms with E-state index in [0.29, 0.717) is 25.5 Å². The summed E-state index contributed by atoms with van der Waals surface area (Å²) in [7, 11) is 0. The van der Waals surface area contributed by atoms with Gasteiger partial charge < -0.3 is 20.2 Å². The number of carbonyl (C=O) groups excluding carboxylic acids is 1. The number of hydrogen-bond acceptors (Lipinski definition) is 4. The first-order valence-electron chi connectivity index (χ1n) is 7.72. The minimum atomic E-state index is -0.339. The molecule has 2 unspecified atom stereocenters. The van der Waals surface area contributed by atoms with Crippen LogP contribution in [-0.4, -0.2) is 59.3 Å². The summed E-state index contributed by atoms with van der Waals surface area (Å²) in [6.07, 6.45) is 4.11. The molecule has 2 fully saturated rings. The Morgan fingerprint density at radius 1 is 1.45 bits per heavy atom. The van der Waals surface area contributed by atoms with Gasteiger partial charge in [-0.2, -0.15) is 0 Å². The van der Waals surface area contributed by atoms with Crippen LogP contribution in [0.15, 0.2) is 18.3 Å². The third kappa shape index (κ3) is 2.99. The number of likely N-dealkylation sites (tertiary alicyclic amines) is 1. The lowest BCUT2D eigenvalue weighted by Gasteiger charge is -2.25. The van der Waals surface area contributed by atoms with Crippen LogP contribution < -0.4 is 10.2 Å². The van der Waals surface area contributed by atoms with E-state index >= 15 is 0 Å². The maximum Gasteiger partial charge on any atom is 0.318 e. The molecular formula is C15H21FN4O2. The number of anilines is 1. The van der Waals surface area contributed by atoms with Crippen LogP contribution in [0.2, 0.25) is 0 Å². The van der Waals surface area contributed by atoms with Crippen LogP contribution in [0.5, 0.6) is 0 Å². The van der Waals surface area contributed by atoms with Crippen LogP contribution in [0.3, 0.4) is 0 Å². The van der Waals surface area contributed by atoms with Gasteiger partial charge in [-0.1, -0.05) is 0 Å². The van der Waals surface area contributed by atoms with Gasteiger partial charge in [0, 0.05) is 31.9 Å². The molecule has 0 spiro atoms. The van der Waals surface area contributed by atoms with E-state index in [4.69, 9.17) is 0 Å². The van der Waals surface area contributed by atoms with E-state index in [1.54, 1.807) is 17.2 Å². The van der Waals surface area contributed by atoms with Crippen LogP contribution in [0.4, 0.5) is 15.0 Å². The molecule has 3 heterocycles. The van der Waals surface area contributed by atoms with Crippen molar-refractivity contribution >= 4 is 11.8 Å². The predicted octanol–water partition coefficient (Wildman–Crippen LogP) is 0.966. The van der Waals surface area contributed by atoms with E-state index in [2.05, 4.69) is 10.3 Å². The molecule has 3 rings (SSSR count). The number of nitrogens with zero attached hydrogens (tertiary/aromatic N) is 3. The molecule has 7 heteroatoms. The lowest BCUT2D eigenvalue weighted by atomic mass is 10.2. The second-order valence-electron chi connectivity index (χ2n) is 5.86. The Kier molecular flexibility index (Phi) is 4.42. The fourth-order valence-electron chi connectivity index (χ4n) is 3.23. The lowest BCUT2D eigenvalue weighted by molar-refractivity contribution is 0.155. The van der Waals surface area contributed by atoms with Gasteiger partial charge in [-0.15, -0.1) is 0 Å². The van der Waals surface area contributed by atoms with Crippen molar-refractivity contribution < 1.29 is 14.3 Å². The lowest BCUT2D eigenvalue weighted by Crippen LogP contribution is -2.48. The highest BCUT2D eigenvalue weighted by Crippen LogP contribution is 2.22. The molecular weight excluding hydrogens is 287 g/mol. The minimum Gasteiger partial charge on any atom is -0.394 e.